The average molecular weight is 1110 g/mol. The zero-order valence-electron chi connectivity index (χ0n) is 46.6. The number of carbonyl (C=O) groups is 3. The van der Waals surface area contributed by atoms with E-state index in [9.17, 15) is 59.6 Å². The summed E-state index contributed by atoms with van der Waals surface area (Å²) in [6.45, 7) is 3.36. The summed E-state index contributed by atoms with van der Waals surface area (Å²) in [4.78, 5) is 53.6. The predicted molar refractivity (Wildman–Crippen MR) is 285 cm³/mol. The van der Waals surface area contributed by atoms with E-state index in [1.54, 1.807) is 0 Å². The lowest BCUT2D eigenvalue weighted by Gasteiger charge is -2.47. The number of hydrogen-bond acceptors (Lipinski definition) is 18. The number of phosphoric ester groups is 1. The SMILES string of the molecule is CCCCCCCCCCCCCCCCCCCC(=O)O[C@H](COC(=O)CCCCCCCCCCCCCCCCC)COP(=O)(O)OO[C@H]1[C@H](O)[C@H](O)[C@@H](O)[C@H](O)[C@H]1O[C@H]1O[C@H](CO)[C@@H](O)[C@H](O)[C@H]1NC(C)=O. The molecule has 0 aromatic rings. The highest BCUT2D eigenvalue weighted by Crippen LogP contribution is 2.45. The lowest BCUT2D eigenvalue weighted by atomic mass is 9.84. The van der Waals surface area contributed by atoms with Gasteiger partial charge in [-0.3, -0.25) is 18.9 Å². The topological polar surface area (TPSA) is 307 Å². The van der Waals surface area contributed by atoms with Gasteiger partial charge in [-0.15, -0.1) is 4.67 Å². The lowest BCUT2D eigenvalue weighted by molar-refractivity contribution is -0.366. The van der Waals surface area contributed by atoms with Gasteiger partial charge in [0.05, 0.1) is 13.2 Å². The van der Waals surface area contributed by atoms with Gasteiger partial charge in [-0.2, -0.15) is 0 Å². The van der Waals surface area contributed by atoms with Crippen LogP contribution in [0.2, 0.25) is 0 Å². The number of aliphatic hydroxyl groups is 7. The predicted octanol–water partition coefficient (Wildman–Crippen LogP) is 7.96. The second-order valence-electron chi connectivity index (χ2n) is 21.3. The molecule has 1 amide bonds. The third-order valence-electron chi connectivity index (χ3n) is 14.5. The van der Waals surface area contributed by atoms with E-state index in [2.05, 4.69) is 19.2 Å². The molecular formula is C55H104NO19P. The fourth-order valence-corrected chi connectivity index (χ4v) is 10.4. The average Bonchev–Trinajstić information content (AvgIpc) is 3.39. The number of rotatable bonds is 47. The standard InChI is InChI=1S/C55H104NO19P/c1-4-6-8-10-12-14-16-18-20-21-23-25-27-29-31-33-35-37-45(60)71-42(39-69-44(59)36-34-32-30-28-26-24-22-19-17-15-13-11-9-7-5-2)40-70-76(67,68)75-74-54-52(66)50(64)49(63)51(65)53(54)73-55-46(56-41(3)58)48(62)47(61)43(38-57)72-55/h42-43,46-55,57,61-66H,4-40H2,1-3H3,(H,56,58)(H,67,68)/t42-,43-,46-,47-,48-,49-,50-,51+,52-,53-,54+,55-/m1/s1. The summed E-state index contributed by atoms with van der Waals surface area (Å²) >= 11 is 0. The number of aliphatic hydroxyl groups excluding tert-OH is 7. The largest absolute Gasteiger partial charge is 0.499 e. The van der Waals surface area contributed by atoms with Crippen molar-refractivity contribution in [2.75, 3.05) is 19.8 Å². The molecule has 1 aliphatic carbocycles. The fourth-order valence-electron chi connectivity index (χ4n) is 9.75. The Hall–Kier alpha value is -1.88. The molecule has 0 aromatic heterocycles. The van der Waals surface area contributed by atoms with Crippen molar-refractivity contribution in [2.24, 2.45) is 0 Å². The molecule has 1 unspecified atom stereocenters. The van der Waals surface area contributed by atoms with Gasteiger partial charge in [-0.25, -0.2) is 9.45 Å². The number of amides is 1. The van der Waals surface area contributed by atoms with Crippen LogP contribution in [-0.4, -0.2) is 152 Å². The van der Waals surface area contributed by atoms with E-state index in [0.29, 0.717) is 12.8 Å². The first kappa shape index (κ1) is 70.2. The third kappa shape index (κ3) is 30.6. The van der Waals surface area contributed by atoms with Crippen LogP contribution in [0.15, 0.2) is 0 Å². The van der Waals surface area contributed by atoms with Crippen molar-refractivity contribution in [2.45, 2.75) is 312 Å². The first-order valence-corrected chi connectivity index (χ1v) is 31.0. The molecule has 76 heavy (non-hydrogen) atoms. The summed E-state index contributed by atoms with van der Waals surface area (Å²) in [5.74, 6) is -1.92. The Labute approximate surface area is 454 Å². The maximum absolute atomic E-state index is 13.2. The van der Waals surface area contributed by atoms with Gasteiger partial charge in [0.25, 0.3) is 0 Å². The second-order valence-corrected chi connectivity index (χ2v) is 22.6. The molecular weight excluding hydrogens is 1010 g/mol. The molecule has 0 radical (unpaired) electrons. The fraction of sp³-hybridized carbons (Fsp3) is 0.945. The summed E-state index contributed by atoms with van der Waals surface area (Å²) in [6.07, 6.45) is 16.9. The van der Waals surface area contributed by atoms with Crippen molar-refractivity contribution in [3.8, 4) is 0 Å². The number of carbonyl (C=O) groups excluding carboxylic acids is 3. The van der Waals surface area contributed by atoms with Crippen LogP contribution in [0.25, 0.3) is 0 Å². The van der Waals surface area contributed by atoms with Gasteiger partial charge < -0.3 is 64.9 Å². The molecule has 0 spiro atoms. The number of phosphoric acid groups is 1. The van der Waals surface area contributed by atoms with Gasteiger partial charge in [0.15, 0.2) is 18.5 Å². The van der Waals surface area contributed by atoms with E-state index < -0.39 is 119 Å². The zero-order chi connectivity index (χ0) is 56.0. The van der Waals surface area contributed by atoms with Crippen LogP contribution in [0.1, 0.15) is 239 Å². The Morgan fingerprint density at radius 2 is 0.921 bits per heavy atom. The maximum atomic E-state index is 13.2. The summed E-state index contributed by atoms with van der Waals surface area (Å²) < 4.78 is 45.3. The minimum atomic E-state index is -5.36. The minimum Gasteiger partial charge on any atom is -0.462 e. The smallest absolute Gasteiger partial charge is 0.462 e. The van der Waals surface area contributed by atoms with Crippen molar-refractivity contribution >= 4 is 25.7 Å². The van der Waals surface area contributed by atoms with Crippen molar-refractivity contribution in [3.63, 3.8) is 0 Å². The molecule has 21 heteroatoms. The molecule has 0 bridgehead atoms. The van der Waals surface area contributed by atoms with Gasteiger partial charge in [0.2, 0.25) is 5.91 Å². The van der Waals surface area contributed by atoms with Crippen molar-refractivity contribution in [3.05, 3.63) is 0 Å². The summed E-state index contributed by atoms with van der Waals surface area (Å²) in [5.41, 5.74) is 0. The van der Waals surface area contributed by atoms with E-state index in [4.69, 9.17) is 33.0 Å². The van der Waals surface area contributed by atoms with E-state index in [1.807, 2.05) is 0 Å². The van der Waals surface area contributed by atoms with Crippen molar-refractivity contribution < 1.29 is 92.6 Å². The minimum absolute atomic E-state index is 0.0403. The molecule has 0 aromatic carbocycles. The Morgan fingerprint density at radius 1 is 0.526 bits per heavy atom. The molecule has 9 N–H and O–H groups in total. The van der Waals surface area contributed by atoms with Crippen LogP contribution in [0.3, 0.4) is 0 Å². The molecule has 1 saturated heterocycles. The molecule has 2 aliphatic rings. The third-order valence-corrected chi connectivity index (χ3v) is 15.2. The molecule has 1 aliphatic heterocycles. The number of esters is 2. The first-order valence-electron chi connectivity index (χ1n) is 29.5. The number of nitrogens with one attached hydrogen (secondary N) is 1. The van der Waals surface area contributed by atoms with Gasteiger partial charge in [0.1, 0.15) is 61.5 Å². The molecule has 1 saturated carbocycles. The highest BCUT2D eigenvalue weighted by Gasteiger charge is 2.55. The molecule has 13 atom stereocenters. The van der Waals surface area contributed by atoms with Crippen LogP contribution < -0.4 is 5.32 Å². The van der Waals surface area contributed by atoms with Crippen molar-refractivity contribution in [1.29, 1.82) is 0 Å². The van der Waals surface area contributed by atoms with E-state index in [-0.39, 0.29) is 12.8 Å². The summed E-state index contributed by atoms with van der Waals surface area (Å²) in [6, 6.07) is -1.57. The molecule has 2 rings (SSSR count). The monoisotopic (exact) mass is 1110 g/mol. The Balaban J connectivity index is 1.92. The normalized spacial score (nSPS) is 26.0. The quantitative estimate of drug-likeness (QED) is 0.00917. The maximum Gasteiger partial charge on any atom is 0.499 e. The van der Waals surface area contributed by atoms with Crippen LogP contribution in [0.4, 0.5) is 0 Å². The van der Waals surface area contributed by atoms with Crippen LogP contribution in [-0.2, 0) is 52.0 Å². The van der Waals surface area contributed by atoms with E-state index in [0.717, 1.165) is 58.3 Å². The number of ether oxygens (including phenoxy) is 4. The first-order chi connectivity index (χ1) is 36.6. The van der Waals surface area contributed by atoms with Gasteiger partial charge in [0, 0.05) is 19.8 Å². The van der Waals surface area contributed by atoms with E-state index >= 15 is 0 Å². The van der Waals surface area contributed by atoms with Crippen LogP contribution in [0.5, 0.6) is 0 Å². The lowest BCUT2D eigenvalue weighted by Crippen LogP contribution is -2.69. The van der Waals surface area contributed by atoms with Crippen LogP contribution in [0, 0.1) is 0 Å². The van der Waals surface area contributed by atoms with Crippen molar-refractivity contribution in [1.82, 2.24) is 5.32 Å². The highest BCUT2D eigenvalue weighted by molar-refractivity contribution is 7.47. The molecule has 20 nitrogen and oxygen atoms in total. The molecule has 448 valence electrons. The Bertz CT molecular complexity index is 1530. The van der Waals surface area contributed by atoms with Gasteiger partial charge in [-0.05, 0) is 12.8 Å². The second kappa shape index (κ2) is 42.9. The summed E-state index contributed by atoms with van der Waals surface area (Å²) in [5, 5.41) is 76.0. The Morgan fingerprint density at radius 3 is 1.33 bits per heavy atom. The Kier molecular flexibility index (Phi) is 39.7. The molecule has 1 heterocycles. The number of hydrogen-bond donors (Lipinski definition) is 9. The highest BCUT2D eigenvalue weighted by atomic mass is 31.2. The van der Waals surface area contributed by atoms with Gasteiger partial charge in [-0.1, -0.05) is 206 Å². The van der Waals surface area contributed by atoms with Gasteiger partial charge >= 0.3 is 19.8 Å². The molecule has 2 fully saturated rings. The van der Waals surface area contributed by atoms with Crippen LogP contribution >= 0.6 is 7.82 Å². The zero-order valence-corrected chi connectivity index (χ0v) is 47.5. The summed E-state index contributed by atoms with van der Waals surface area (Å²) in [7, 11) is -5.36. The number of unbranched alkanes of at least 4 members (excludes halogenated alkanes) is 30. The van der Waals surface area contributed by atoms with E-state index in [1.165, 1.54) is 141 Å².